The van der Waals surface area contributed by atoms with Gasteiger partial charge in [0.15, 0.2) is 6.61 Å². The van der Waals surface area contributed by atoms with Crippen LogP contribution >= 0.6 is 0 Å². The van der Waals surface area contributed by atoms with Crippen molar-refractivity contribution in [2.75, 3.05) is 20.3 Å². The Kier molecular flexibility index (Phi) is 8.91. The smallest absolute Gasteiger partial charge is 0.261 e. The van der Waals surface area contributed by atoms with Gasteiger partial charge in [-0.05, 0) is 74.6 Å². The van der Waals surface area contributed by atoms with Crippen molar-refractivity contribution in [1.82, 2.24) is 10.2 Å². The molecule has 0 heterocycles. The second-order valence-corrected chi connectivity index (χ2v) is 7.69. The molecule has 0 fully saturated rings. The lowest BCUT2D eigenvalue weighted by molar-refractivity contribution is -0.142. The number of carbonyl (C=O) groups is 2. The summed E-state index contributed by atoms with van der Waals surface area (Å²) in [6.45, 7) is 10.4. The third-order valence-corrected chi connectivity index (χ3v) is 5.34. The number of hydrogen-bond acceptors (Lipinski definition) is 4. The number of ether oxygens (including phenoxy) is 2. The summed E-state index contributed by atoms with van der Waals surface area (Å²) in [6, 6.07) is 11.0. The average molecular weight is 427 g/mol. The fraction of sp³-hybridized carbons (Fsp3) is 0.440. The largest absolute Gasteiger partial charge is 0.497 e. The standard InChI is InChI=1S/C25H34N2O4/c1-7-22(25(29)26-8-2)27(15-20-10-9-11-21(14-20)30-6)24(28)16-31-23-13-17(3)12-18(4)19(23)5/h9-14,22H,7-8,15-16H2,1-6H3,(H,26,29). The van der Waals surface area contributed by atoms with Gasteiger partial charge in [0, 0.05) is 13.1 Å². The van der Waals surface area contributed by atoms with E-state index in [9.17, 15) is 9.59 Å². The van der Waals surface area contributed by atoms with Gasteiger partial charge in [0.1, 0.15) is 17.5 Å². The first-order chi connectivity index (χ1) is 14.8. The molecule has 0 saturated carbocycles. The first-order valence-corrected chi connectivity index (χ1v) is 10.7. The maximum Gasteiger partial charge on any atom is 0.261 e. The minimum absolute atomic E-state index is 0.135. The second kappa shape index (κ2) is 11.4. The molecule has 1 N–H and O–H groups in total. The second-order valence-electron chi connectivity index (χ2n) is 7.69. The third-order valence-electron chi connectivity index (χ3n) is 5.34. The molecule has 168 valence electrons. The van der Waals surface area contributed by atoms with Crippen molar-refractivity contribution in [3.05, 3.63) is 58.7 Å². The van der Waals surface area contributed by atoms with E-state index in [0.717, 1.165) is 22.3 Å². The van der Waals surface area contributed by atoms with Crippen molar-refractivity contribution in [1.29, 1.82) is 0 Å². The predicted octanol–water partition coefficient (Wildman–Crippen LogP) is 3.94. The lowest BCUT2D eigenvalue weighted by atomic mass is 10.1. The topological polar surface area (TPSA) is 67.9 Å². The molecule has 1 atom stereocenters. The molecule has 0 radical (unpaired) electrons. The van der Waals surface area contributed by atoms with Crippen molar-refractivity contribution in [2.45, 2.75) is 53.6 Å². The molecule has 0 bridgehead atoms. The minimum atomic E-state index is -0.581. The van der Waals surface area contributed by atoms with Crippen LogP contribution in [0.15, 0.2) is 36.4 Å². The van der Waals surface area contributed by atoms with Crippen LogP contribution in [0.4, 0.5) is 0 Å². The van der Waals surface area contributed by atoms with Crippen LogP contribution in [-0.2, 0) is 16.1 Å². The monoisotopic (exact) mass is 426 g/mol. The quantitative estimate of drug-likeness (QED) is 0.625. The SMILES string of the molecule is CCNC(=O)C(CC)N(Cc1cccc(OC)c1)C(=O)COc1cc(C)cc(C)c1C. The van der Waals surface area contributed by atoms with Crippen LogP contribution in [0.25, 0.3) is 0 Å². The Morgan fingerprint density at radius 2 is 1.84 bits per heavy atom. The summed E-state index contributed by atoms with van der Waals surface area (Å²) >= 11 is 0. The van der Waals surface area contributed by atoms with E-state index in [-0.39, 0.29) is 18.4 Å². The number of nitrogens with one attached hydrogen (secondary N) is 1. The van der Waals surface area contributed by atoms with E-state index in [4.69, 9.17) is 9.47 Å². The number of amides is 2. The molecule has 0 spiro atoms. The summed E-state index contributed by atoms with van der Waals surface area (Å²) in [6.07, 6.45) is 0.504. The molecule has 2 aromatic rings. The zero-order valence-corrected chi connectivity index (χ0v) is 19.5. The number of nitrogens with zero attached hydrogens (tertiary/aromatic N) is 1. The van der Waals surface area contributed by atoms with E-state index in [0.29, 0.717) is 31.0 Å². The van der Waals surface area contributed by atoms with Gasteiger partial charge in [0.25, 0.3) is 5.91 Å². The molecule has 0 aliphatic heterocycles. The first-order valence-electron chi connectivity index (χ1n) is 10.7. The van der Waals surface area contributed by atoms with Crippen LogP contribution in [0.5, 0.6) is 11.5 Å². The summed E-state index contributed by atoms with van der Waals surface area (Å²) in [4.78, 5) is 27.5. The molecule has 0 aromatic heterocycles. The lowest BCUT2D eigenvalue weighted by Gasteiger charge is -2.30. The highest BCUT2D eigenvalue weighted by Gasteiger charge is 2.28. The fourth-order valence-corrected chi connectivity index (χ4v) is 3.55. The summed E-state index contributed by atoms with van der Waals surface area (Å²) in [7, 11) is 1.60. The maximum absolute atomic E-state index is 13.3. The van der Waals surface area contributed by atoms with E-state index in [1.165, 1.54) is 0 Å². The lowest BCUT2D eigenvalue weighted by Crippen LogP contribution is -2.50. The van der Waals surface area contributed by atoms with Crippen molar-refractivity contribution >= 4 is 11.8 Å². The summed E-state index contributed by atoms with van der Waals surface area (Å²) < 4.78 is 11.2. The van der Waals surface area contributed by atoms with Gasteiger partial charge in [-0.2, -0.15) is 0 Å². The average Bonchev–Trinajstić information content (AvgIpc) is 2.75. The summed E-state index contributed by atoms with van der Waals surface area (Å²) in [5.74, 6) is 1.000. The van der Waals surface area contributed by atoms with Gasteiger partial charge in [-0.25, -0.2) is 0 Å². The van der Waals surface area contributed by atoms with Gasteiger partial charge in [0.2, 0.25) is 5.91 Å². The van der Waals surface area contributed by atoms with Crippen molar-refractivity contribution < 1.29 is 19.1 Å². The molecule has 2 rings (SSSR count). The molecule has 0 aliphatic carbocycles. The van der Waals surface area contributed by atoms with Gasteiger partial charge in [0.05, 0.1) is 7.11 Å². The molecular formula is C25H34N2O4. The van der Waals surface area contributed by atoms with E-state index in [1.54, 1.807) is 12.0 Å². The van der Waals surface area contributed by atoms with Gasteiger partial charge in [-0.15, -0.1) is 0 Å². The molecule has 2 amide bonds. The number of methoxy groups -OCH3 is 1. The van der Waals surface area contributed by atoms with E-state index < -0.39 is 6.04 Å². The van der Waals surface area contributed by atoms with Gasteiger partial charge < -0.3 is 19.7 Å². The van der Waals surface area contributed by atoms with Gasteiger partial charge in [-0.3, -0.25) is 9.59 Å². The Balaban J connectivity index is 2.27. The van der Waals surface area contributed by atoms with Crippen LogP contribution in [0.1, 0.15) is 42.5 Å². The molecular weight excluding hydrogens is 392 g/mol. The van der Waals surface area contributed by atoms with E-state index >= 15 is 0 Å². The first kappa shape index (κ1) is 24.3. The van der Waals surface area contributed by atoms with Crippen LogP contribution in [-0.4, -0.2) is 43.0 Å². The number of carbonyl (C=O) groups excluding carboxylic acids is 2. The van der Waals surface area contributed by atoms with E-state index in [1.807, 2.05) is 65.0 Å². The number of benzene rings is 2. The van der Waals surface area contributed by atoms with Crippen molar-refractivity contribution in [3.63, 3.8) is 0 Å². The minimum Gasteiger partial charge on any atom is -0.497 e. The predicted molar refractivity (Wildman–Crippen MR) is 122 cm³/mol. The number of aryl methyl sites for hydroxylation is 2. The molecule has 31 heavy (non-hydrogen) atoms. The van der Waals surface area contributed by atoms with Gasteiger partial charge in [-0.1, -0.05) is 25.1 Å². The zero-order valence-electron chi connectivity index (χ0n) is 19.5. The maximum atomic E-state index is 13.3. The Labute approximate surface area is 185 Å². The third kappa shape index (κ3) is 6.48. The highest BCUT2D eigenvalue weighted by Crippen LogP contribution is 2.24. The summed E-state index contributed by atoms with van der Waals surface area (Å²) in [5.41, 5.74) is 4.09. The number of hydrogen-bond donors (Lipinski definition) is 1. The Hall–Kier alpha value is -3.02. The highest BCUT2D eigenvalue weighted by atomic mass is 16.5. The van der Waals surface area contributed by atoms with Crippen LogP contribution in [0, 0.1) is 20.8 Å². The van der Waals surface area contributed by atoms with Crippen LogP contribution in [0.2, 0.25) is 0 Å². The van der Waals surface area contributed by atoms with Crippen molar-refractivity contribution in [2.24, 2.45) is 0 Å². The number of likely N-dealkylation sites (N-methyl/N-ethyl adjacent to an activating group) is 1. The Morgan fingerprint density at radius 3 is 2.48 bits per heavy atom. The zero-order chi connectivity index (χ0) is 23.0. The molecule has 0 aliphatic rings. The molecule has 0 saturated heterocycles. The highest BCUT2D eigenvalue weighted by molar-refractivity contribution is 5.88. The van der Waals surface area contributed by atoms with Crippen molar-refractivity contribution in [3.8, 4) is 11.5 Å². The molecule has 6 nitrogen and oxygen atoms in total. The molecule has 6 heteroatoms. The van der Waals surface area contributed by atoms with E-state index in [2.05, 4.69) is 11.4 Å². The molecule has 2 aromatic carbocycles. The van der Waals surface area contributed by atoms with Crippen LogP contribution < -0.4 is 14.8 Å². The molecule has 1 unspecified atom stereocenters. The normalized spacial score (nSPS) is 11.5. The fourth-order valence-electron chi connectivity index (χ4n) is 3.55. The Bertz CT molecular complexity index is 910. The van der Waals surface area contributed by atoms with Crippen LogP contribution in [0.3, 0.4) is 0 Å². The summed E-state index contributed by atoms with van der Waals surface area (Å²) in [5, 5.41) is 2.84. The van der Waals surface area contributed by atoms with Gasteiger partial charge >= 0.3 is 0 Å². The number of rotatable bonds is 10. The Morgan fingerprint density at radius 1 is 1.10 bits per heavy atom.